The van der Waals surface area contributed by atoms with Crippen molar-refractivity contribution in [3.05, 3.63) is 35.9 Å². The largest absolute Gasteiger partial charge is 0.341 e. The molecular formula is C20H27N7O. The summed E-state index contributed by atoms with van der Waals surface area (Å²) in [6, 6.07) is 9.08. The molecule has 1 amide bonds. The highest BCUT2D eigenvalue weighted by Crippen LogP contribution is 2.22. The Balaban J connectivity index is 1.53. The summed E-state index contributed by atoms with van der Waals surface area (Å²) in [5, 5.41) is 0. The predicted molar refractivity (Wildman–Crippen MR) is 109 cm³/mol. The summed E-state index contributed by atoms with van der Waals surface area (Å²) in [6.07, 6.45) is 7.10. The highest BCUT2D eigenvalue weighted by atomic mass is 16.2. The number of aromatic nitrogens is 3. The molecule has 0 radical (unpaired) electrons. The lowest BCUT2D eigenvalue weighted by atomic mass is 10.1. The number of rotatable bonds is 5. The van der Waals surface area contributed by atoms with Gasteiger partial charge in [-0.05, 0) is 50.7 Å². The summed E-state index contributed by atoms with van der Waals surface area (Å²) in [7, 11) is 0. The molecule has 0 bridgehead atoms. The Hall–Kier alpha value is -2.90. The van der Waals surface area contributed by atoms with Gasteiger partial charge in [0.1, 0.15) is 0 Å². The first kappa shape index (κ1) is 18.5. The highest BCUT2D eigenvalue weighted by Gasteiger charge is 2.20. The van der Waals surface area contributed by atoms with Gasteiger partial charge < -0.3 is 9.80 Å². The topological polar surface area (TPSA) is 86.3 Å². The lowest BCUT2D eigenvalue weighted by Gasteiger charge is -2.30. The van der Waals surface area contributed by atoms with Gasteiger partial charge in [-0.1, -0.05) is 18.2 Å². The standard InChI is InChI=1S/C20H27N7O/c28-17(16-10-4-1-5-11-16)24-25-18-21-19(26-12-6-2-7-13-26)23-20(22-18)27-14-8-3-9-15-27/h1,4-5,10-11H,2-3,6-9,12-15H2,(H,24,28)(H,21,22,23,25). The van der Waals surface area contributed by atoms with Crippen molar-refractivity contribution in [1.29, 1.82) is 0 Å². The Kier molecular flexibility index (Phi) is 5.84. The molecule has 0 spiro atoms. The normalized spacial score (nSPS) is 17.3. The zero-order chi connectivity index (χ0) is 19.2. The molecule has 2 fully saturated rings. The van der Waals surface area contributed by atoms with Gasteiger partial charge in [0.15, 0.2) is 0 Å². The Morgan fingerprint density at radius 2 is 1.29 bits per heavy atom. The quantitative estimate of drug-likeness (QED) is 0.770. The maximum Gasteiger partial charge on any atom is 0.269 e. The number of nitrogens with one attached hydrogen (secondary N) is 2. The number of hydrogen-bond acceptors (Lipinski definition) is 7. The summed E-state index contributed by atoms with van der Waals surface area (Å²) < 4.78 is 0. The Labute approximate surface area is 165 Å². The molecule has 0 aliphatic carbocycles. The van der Waals surface area contributed by atoms with E-state index < -0.39 is 0 Å². The summed E-state index contributed by atoms with van der Waals surface area (Å²) in [6.45, 7) is 3.83. The first-order valence-corrected chi connectivity index (χ1v) is 10.2. The lowest BCUT2D eigenvalue weighted by molar-refractivity contribution is 0.0962. The average molecular weight is 381 g/mol. The molecule has 1 aromatic carbocycles. The third-order valence-corrected chi connectivity index (χ3v) is 5.21. The Morgan fingerprint density at radius 3 is 1.82 bits per heavy atom. The zero-order valence-corrected chi connectivity index (χ0v) is 16.1. The van der Waals surface area contributed by atoms with Crippen molar-refractivity contribution in [3.8, 4) is 0 Å². The molecule has 2 aliphatic rings. The third-order valence-electron chi connectivity index (χ3n) is 5.21. The van der Waals surface area contributed by atoms with Crippen molar-refractivity contribution in [3.63, 3.8) is 0 Å². The van der Waals surface area contributed by atoms with E-state index >= 15 is 0 Å². The molecule has 0 unspecified atom stereocenters. The fourth-order valence-electron chi connectivity index (χ4n) is 3.65. The fourth-order valence-corrected chi connectivity index (χ4v) is 3.65. The second-order valence-corrected chi connectivity index (χ2v) is 7.30. The van der Waals surface area contributed by atoms with E-state index in [1.165, 1.54) is 12.8 Å². The van der Waals surface area contributed by atoms with Gasteiger partial charge in [0.25, 0.3) is 5.91 Å². The number of hydrogen-bond donors (Lipinski definition) is 2. The van der Waals surface area contributed by atoms with Crippen molar-refractivity contribution in [2.45, 2.75) is 38.5 Å². The molecule has 148 valence electrons. The monoisotopic (exact) mass is 381 g/mol. The number of benzene rings is 1. The number of nitrogens with zero attached hydrogens (tertiary/aromatic N) is 5. The predicted octanol–water partition coefficient (Wildman–Crippen LogP) is 2.61. The van der Waals surface area contributed by atoms with Gasteiger partial charge in [-0.25, -0.2) is 0 Å². The van der Waals surface area contributed by atoms with Crippen LogP contribution in [0.15, 0.2) is 30.3 Å². The van der Waals surface area contributed by atoms with Crippen molar-refractivity contribution >= 4 is 23.8 Å². The smallest absolute Gasteiger partial charge is 0.269 e. The molecule has 2 aromatic rings. The van der Waals surface area contributed by atoms with Crippen LogP contribution in [0.4, 0.5) is 17.8 Å². The minimum atomic E-state index is -0.222. The van der Waals surface area contributed by atoms with Crippen LogP contribution in [0.2, 0.25) is 0 Å². The number of amides is 1. The Bertz CT molecular complexity index is 750. The lowest BCUT2D eigenvalue weighted by Crippen LogP contribution is -2.36. The van der Waals surface area contributed by atoms with Crippen LogP contribution < -0.4 is 20.7 Å². The van der Waals surface area contributed by atoms with E-state index in [1.807, 2.05) is 18.2 Å². The van der Waals surface area contributed by atoms with Crippen molar-refractivity contribution in [2.24, 2.45) is 0 Å². The van der Waals surface area contributed by atoms with Crippen LogP contribution in [-0.4, -0.2) is 47.0 Å². The molecule has 4 rings (SSSR count). The van der Waals surface area contributed by atoms with Crippen LogP contribution in [0.3, 0.4) is 0 Å². The van der Waals surface area contributed by atoms with Crippen molar-refractivity contribution < 1.29 is 4.79 Å². The minimum absolute atomic E-state index is 0.222. The van der Waals surface area contributed by atoms with Gasteiger partial charge >= 0.3 is 0 Å². The molecule has 8 heteroatoms. The van der Waals surface area contributed by atoms with Gasteiger partial charge in [-0.3, -0.25) is 15.6 Å². The molecule has 1 aromatic heterocycles. The van der Waals surface area contributed by atoms with Crippen LogP contribution in [0.25, 0.3) is 0 Å². The van der Waals surface area contributed by atoms with E-state index in [9.17, 15) is 4.79 Å². The average Bonchev–Trinajstić information content (AvgIpc) is 2.79. The highest BCUT2D eigenvalue weighted by molar-refractivity contribution is 5.94. The van der Waals surface area contributed by atoms with Crippen molar-refractivity contribution in [1.82, 2.24) is 20.4 Å². The summed E-state index contributed by atoms with van der Waals surface area (Å²) in [5.74, 6) is 1.53. The van der Waals surface area contributed by atoms with Crippen LogP contribution in [-0.2, 0) is 0 Å². The molecule has 3 heterocycles. The Morgan fingerprint density at radius 1 is 0.750 bits per heavy atom. The van der Waals surface area contributed by atoms with E-state index in [2.05, 4.69) is 30.6 Å². The fraction of sp³-hybridized carbons (Fsp3) is 0.500. The number of anilines is 3. The van der Waals surface area contributed by atoms with E-state index in [4.69, 9.17) is 4.98 Å². The maximum atomic E-state index is 12.3. The van der Waals surface area contributed by atoms with E-state index in [0.29, 0.717) is 23.4 Å². The number of carbonyl (C=O) groups excluding carboxylic acids is 1. The molecular weight excluding hydrogens is 354 g/mol. The number of carbonyl (C=O) groups is 1. The first-order valence-electron chi connectivity index (χ1n) is 10.2. The van der Waals surface area contributed by atoms with Gasteiger partial charge in [0.2, 0.25) is 17.8 Å². The third kappa shape index (κ3) is 4.49. The summed E-state index contributed by atoms with van der Waals surface area (Å²) in [4.78, 5) is 30.6. The van der Waals surface area contributed by atoms with Gasteiger partial charge in [-0.2, -0.15) is 15.0 Å². The second kappa shape index (κ2) is 8.86. The summed E-state index contributed by atoms with van der Waals surface area (Å²) >= 11 is 0. The maximum absolute atomic E-state index is 12.3. The van der Waals surface area contributed by atoms with Crippen molar-refractivity contribution in [2.75, 3.05) is 41.4 Å². The molecule has 2 aliphatic heterocycles. The molecule has 0 saturated carbocycles. The number of piperidine rings is 2. The molecule has 8 nitrogen and oxygen atoms in total. The second-order valence-electron chi connectivity index (χ2n) is 7.30. The summed E-state index contributed by atoms with van der Waals surface area (Å²) in [5.41, 5.74) is 6.16. The minimum Gasteiger partial charge on any atom is -0.341 e. The van der Waals surface area contributed by atoms with Gasteiger partial charge in [-0.15, -0.1) is 0 Å². The first-order chi connectivity index (χ1) is 13.8. The van der Waals surface area contributed by atoms with E-state index in [1.54, 1.807) is 12.1 Å². The van der Waals surface area contributed by atoms with Crippen LogP contribution in [0.1, 0.15) is 48.9 Å². The van der Waals surface area contributed by atoms with Gasteiger partial charge in [0.05, 0.1) is 0 Å². The van der Waals surface area contributed by atoms with Crippen LogP contribution in [0.5, 0.6) is 0 Å². The zero-order valence-electron chi connectivity index (χ0n) is 16.1. The van der Waals surface area contributed by atoms with Gasteiger partial charge in [0, 0.05) is 31.7 Å². The molecule has 2 N–H and O–H groups in total. The number of hydrazine groups is 1. The van der Waals surface area contributed by atoms with Crippen LogP contribution in [0, 0.1) is 0 Å². The van der Waals surface area contributed by atoms with E-state index in [0.717, 1.165) is 51.9 Å². The molecule has 2 saturated heterocycles. The van der Waals surface area contributed by atoms with Crippen LogP contribution >= 0.6 is 0 Å². The SMILES string of the molecule is O=C(NNc1nc(N2CCCCC2)nc(N2CCCCC2)n1)c1ccccc1. The molecule has 28 heavy (non-hydrogen) atoms. The van der Waals surface area contributed by atoms with E-state index in [-0.39, 0.29) is 5.91 Å². The molecule has 0 atom stereocenters.